The van der Waals surface area contributed by atoms with Crippen molar-refractivity contribution in [2.24, 2.45) is 0 Å². The lowest BCUT2D eigenvalue weighted by molar-refractivity contribution is 0.329. The number of nitrogen functional groups attached to an aromatic ring is 1. The van der Waals surface area contributed by atoms with Crippen LogP contribution in [0.3, 0.4) is 0 Å². The molecule has 3 aromatic rings. The molecule has 6 nitrogen and oxygen atoms in total. The number of benzene rings is 1. The minimum Gasteiger partial charge on any atom is -0.491 e. The molecule has 0 atom stereocenters. The summed E-state index contributed by atoms with van der Waals surface area (Å²) in [4.78, 5) is 15.4. The summed E-state index contributed by atoms with van der Waals surface area (Å²) >= 11 is 0. The number of ether oxygens (including phenoxy) is 1. The second-order valence-corrected chi connectivity index (χ2v) is 7.85. The molecule has 0 unspecified atom stereocenters. The molecule has 150 valence electrons. The van der Waals surface area contributed by atoms with E-state index in [4.69, 9.17) is 10.5 Å². The van der Waals surface area contributed by atoms with Gasteiger partial charge in [0.05, 0.1) is 6.54 Å². The number of fused-ring (bicyclic) bond motifs is 1. The molecule has 0 saturated heterocycles. The molecular weight excluding hydrogens is 362 g/mol. The van der Waals surface area contributed by atoms with E-state index in [1.54, 1.807) is 0 Å². The third-order valence-corrected chi connectivity index (χ3v) is 5.34. The number of nitrogens with two attached hydrogens (primary N) is 1. The van der Waals surface area contributed by atoms with Gasteiger partial charge in [0.15, 0.2) is 0 Å². The number of rotatable bonds is 3. The van der Waals surface area contributed by atoms with Gasteiger partial charge in [-0.1, -0.05) is 13.8 Å². The molecule has 1 aliphatic rings. The number of aryl methyl sites for hydroxylation is 2. The van der Waals surface area contributed by atoms with Gasteiger partial charge in [-0.2, -0.15) is 4.98 Å². The second kappa shape index (κ2) is 7.70. The molecule has 2 N–H and O–H groups in total. The van der Waals surface area contributed by atoms with Crippen LogP contribution in [0.25, 0.3) is 11.1 Å². The monoisotopic (exact) mass is 389 g/mol. The van der Waals surface area contributed by atoms with Gasteiger partial charge in [-0.15, -0.1) is 0 Å². The van der Waals surface area contributed by atoms with Gasteiger partial charge in [-0.3, -0.25) is 4.98 Å². The molecule has 4 rings (SSSR count). The van der Waals surface area contributed by atoms with Crippen LogP contribution in [0.2, 0.25) is 0 Å². The van der Waals surface area contributed by atoms with Crippen molar-refractivity contribution in [2.75, 3.05) is 23.8 Å². The summed E-state index contributed by atoms with van der Waals surface area (Å²) in [6, 6.07) is 8.45. The van der Waals surface area contributed by atoms with Crippen LogP contribution in [0.1, 0.15) is 42.1 Å². The Morgan fingerprint density at radius 3 is 2.55 bits per heavy atom. The fourth-order valence-electron chi connectivity index (χ4n) is 4.11. The Balaban J connectivity index is 1.79. The van der Waals surface area contributed by atoms with E-state index < -0.39 is 0 Å². The van der Waals surface area contributed by atoms with Crippen LogP contribution in [0.5, 0.6) is 5.75 Å². The summed E-state index contributed by atoms with van der Waals surface area (Å²) in [6.07, 6.45) is 3.64. The smallest absolute Gasteiger partial charge is 0.222 e. The first-order valence-corrected chi connectivity index (χ1v) is 9.99. The maximum absolute atomic E-state index is 6.15. The zero-order valence-electron chi connectivity index (χ0n) is 17.4. The van der Waals surface area contributed by atoms with Crippen molar-refractivity contribution in [3.63, 3.8) is 0 Å². The summed E-state index contributed by atoms with van der Waals surface area (Å²) < 4.78 is 6.15. The largest absolute Gasteiger partial charge is 0.491 e. The van der Waals surface area contributed by atoms with Gasteiger partial charge in [0.25, 0.3) is 0 Å². The van der Waals surface area contributed by atoms with Crippen LogP contribution >= 0.6 is 0 Å². The van der Waals surface area contributed by atoms with Crippen molar-refractivity contribution >= 4 is 11.8 Å². The van der Waals surface area contributed by atoms with Crippen molar-refractivity contribution < 1.29 is 4.74 Å². The zero-order valence-corrected chi connectivity index (χ0v) is 17.4. The Labute approximate surface area is 171 Å². The molecular formula is C23H27N5O. The van der Waals surface area contributed by atoms with Gasteiger partial charge in [0.2, 0.25) is 5.95 Å². The van der Waals surface area contributed by atoms with Crippen LogP contribution in [0.4, 0.5) is 11.8 Å². The van der Waals surface area contributed by atoms with Crippen LogP contribution in [-0.2, 0) is 6.54 Å². The minimum atomic E-state index is 0.305. The third kappa shape index (κ3) is 3.75. The minimum absolute atomic E-state index is 0.305. The van der Waals surface area contributed by atoms with E-state index in [0.717, 1.165) is 51.6 Å². The Kier molecular flexibility index (Phi) is 5.09. The number of aromatic nitrogens is 3. The van der Waals surface area contributed by atoms with E-state index in [9.17, 15) is 0 Å². The molecule has 6 heteroatoms. The molecule has 0 aliphatic carbocycles. The highest BCUT2D eigenvalue weighted by atomic mass is 16.5. The van der Waals surface area contributed by atoms with Crippen LogP contribution < -0.4 is 15.4 Å². The summed E-state index contributed by atoms with van der Waals surface area (Å²) in [5.41, 5.74) is 12.7. The van der Waals surface area contributed by atoms with E-state index in [0.29, 0.717) is 25.0 Å². The first-order valence-electron chi connectivity index (χ1n) is 9.99. The fraction of sp³-hybridized carbons (Fsp3) is 0.348. The normalized spacial score (nSPS) is 13.8. The van der Waals surface area contributed by atoms with Crippen molar-refractivity contribution in [1.29, 1.82) is 0 Å². The number of hydrogen-bond donors (Lipinski definition) is 1. The van der Waals surface area contributed by atoms with E-state index >= 15 is 0 Å². The van der Waals surface area contributed by atoms with Crippen molar-refractivity contribution in [2.45, 2.75) is 40.2 Å². The van der Waals surface area contributed by atoms with E-state index in [1.807, 2.05) is 31.5 Å². The molecule has 0 saturated carbocycles. The lowest BCUT2D eigenvalue weighted by atomic mass is 9.99. The Bertz CT molecular complexity index is 1030. The first-order chi connectivity index (χ1) is 13.9. The van der Waals surface area contributed by atoms with Gasteiger partial charge in [-0.25, -0.2) is 4.98 Å². The quantitative estimate of drug-likeness (QED) is 0.721. The molecule has 2 aromatic heterocycles. The Hall–Kier alpha value is -3.15. The predicted octanol–water partition coefficient (Wildman–Crippen LogP) is 4.26. The van der Waals surface area contributed by atoms with E-state index in [2.05, 4.69) is 52.8 Å². The maximum Gasteiger partial charge on any atom is 0.222 e. The topological polar surface area (TPSA) is 77.2 Å². The predicted molar refractivity (Wildman–Crippen MR) is 116 cm³/mol. The van der Waals surface area contributed by atoms with E-state index in [-0.39, 0.29) is 0 Å². The van der Waals surface area contributed by atoms with Gasteiger partial charge < -0.3 is 15.4 Å². The second-order valence-electron chi connectivity index (χ2n) is 7.85. The molecule has 0 bridgehead atoms. The molecule has 0 fully saturated rings. The van der Waals surface area contributed by atoms with Gasteiger partial charge in [0, 0.05) is 35.8 Å². The standard InChI is InChI=1S/C23H27N5O/c1-14(2)20-16(4)26-23(24)27-22(20)28-9-10-29-21-15(3)11-18(12-19(21)13-28)17-5-7-25-8-6-17/h5-8,11-12,14H,9-10,13H2,1-4H3,(H2,24,26,27). The van der Waals surface area contributed by atoms with E-state index in [1.165, 1.54) is 0 Å². The van der Waals surface area contributed by atoms with Crippen molar-refractivity contribution in [3.05, 3.63) is 59.0 Å². The summed E-state index contributed by atoms with van der Waals surface area (Å²) in [7, 11) is 0. The van der Waals surface area contributed by atoms with Crippen molar-refractivity contribution in [3.8, 4) is 16.9 Å². The SMILES string of the molecule is Cc1cc(-c2ccncc2)cc2c1OCCN(c1nc(N)nc(C)c1C(C)C)C2. The summed E-state index contributed by atoms with van der Waals surface area (Å²) in [6.45, 7) is 10.5. The Morgan fingerprint density at radius 2 is 1.83 bits per heavy atom. The van der Waals surface area contributed by atoms with Crippen LogP contribution in [0, 0.1) is 13.8 Å². The first kappa shape index (κ1) is 19.2. The lowest BCUT2D eigenvalue weighted by Crippen LogP contribution is -2.28. The molecule has 0 spiro atoms. The summed E-state index contributed by atoms with van der Waals surface area (Å²) in [5, 5.41) is 0. The van der Waals surface area contributed by atoms with Crippen LogP contribution in [-0.4, -0.2) is 28.1 Å². The van der Waals surface area contributed by atoms with Gasteiger partial charge in [-0.05, 0) is 60.7 Å². The fourth-order valence-corrected chi connectivity index (χ4v) is 4.11. The highest BCUT2D eigenvalue weighted by molar-refractivity contribution is 5.68. The molecule has 29 heavy (non-hydrogen) atoms. The molecule has 0 radical (unpaired) electrons. The number of anilines is 2. The number of pyridine rings is 1. The van der Waals surface area contributed by atoms with Crippen LogP contribution in [0.15, 0.2) is 36.7 Å². The molecule has 0 amide bonds. The average Bonchev–Trinajstić information content (AvgIpc) is 2.90. The van der Waals surface area contributed by atoms with Gasteiger partial charge >= 0.3 is 0 Å². The van der Waals surface area contributed by atoms with Gasteiger partial charge in [0.1, 0.15) is 18.2 Å². The highest BCUT2D eigenvalue weighted by Gasteiger charge is 2.24. The maximum atomic E-state index is 6.15. The van der Waals surface area contributed by atoms with Crippen molar-refractivity contribution in [1.82, 2.24) is 15.0 Å². The average molecular weight is 390 g/mol. The molecule has 1 aromatic carbocycles. The highest BCUT2D eigenvalue weighted by Crippen LogP contribution is 2.36. The lowest BCUT2D eigenvalue weighted by Gasteiger charge is -2.26. The zero-order chi connectivity index (χ0) is 20.5. The molecule has 1 aliphatic heterocycles. The number of nitrogens with zero attached hydrogens (tertiary/aromatic N) is 4. The molecule has 3 heterocycles. The third-order valence-electron chi connectivity index (χ3n) is 5.34. The number of hydrogen-bond acceptors (Lipinski definition) is 6. The Morgan fingerprint density at radius 1 is 1.07 bits per heavy atom. The summed E-state index contributed by atoms with van der Waals surface area (Å²) in [5.74, 6) is 2.50.